The van der Waals surface area contributed by atoms with E-state index in [-0.39, 0.29) is 17.1 Å². The Labute approximate surface area is 120 Å². The van der Waals surface area contributed by atoms with Crippen LogP contribution in [0.15, 0.2) is 47.4 Å². The molecule has 0 atom stereocenters. The molecule has 0 unspecified atom stereocenters. The summed E-state index contributed by atoms with van der Waals surface area (Å²) >= 11 is 7.32. The molecular weight excluding hydrogens is 283 g/mol. The molecule has 19 heavy (non-hydrogen) atoms. The highest BCUT2D eigenvalue weighted by molar-refractivity contribution is 8.00. The van der Waals surface area contributed by atoms with Gasteiger partial charge in [0.1, 0.15) is 5.82 Å². The van der Waals surface area contributed by atoms with E-state index in [1.54, 1.807) is 18.2 Å². The zero-order valence-corrected chi connectivity index (χ0v) is 11.9. The third-order valence-corrected chi connectivity index (χ3v) is 4.13. The third-order valence-electron chi connectivity index (χ3n) is 2.62. The van der Waals surface area contributed by atoms with Gasteiger partial charge < -0.3 is 0 Å². The van der Waals surface area contributed by atoms with Gasteiger partial charge in [-0.2, -0.15) is 0 Å². The number of carbonyl (C=O) groups excluding carboxylic acids is 1. The van der Waals surface area contributed by atoms with E-state index in [4.69, 9.17) is 11.6 Å². The number of rotatable bonds is 4. The van der Waals surface area contributed by atoms with Crippen molar-refractivity contribution < 1.29 is 9.18 Å². The van der Waals surface area contributed by atoms with Crippen LogP contribution in [0.4, 0.5) is 4.39 Å². The molecule has 0 aliphatic heterocycles. The second-order valence-electron chi connectivity index (χ2n) is 4.13. The van der Waals surface area contributed by atoms with Gasteiger partial charge in [0.25, 0.3) is 0 Å². The van der Waals surface area contributed by atoms with Gasteiger partial charge in [0.2, 0.25) is 0 Å². The molecule has 0 saturated heterocycles. The Bertz CT molecular complexity index is 613. The van der Waals surface area contributed by atoms with Gasteiger partial charge in [-0.15, -0.1) is 11.8 Å². The summed E-state index contributed by atoms with van der Waals surface area (Å²) in [7, 11) is 0. The van der Waals surface area contributed by atoms with E-state index < -0.39 is 5.82 Å². The van der Waals surface area contributed by atoms with Crippen LogP contribution in [0.5, 0.6) is 0 Å². The summed E-state index contributed by atoms with van der Waals surface area (Å²) in [5, 5.41) is 0.602. The highest BCUT2D eigenvalue weighted by atomic mass is 35.5. The number of halogens is 2. The van der Waals surface area contributed by atoms with E-state index in [1.807, 2.05) is 25.1 Å². The Morgan fingerprint density at radius 1 is 1.26 bits per heavy atom. The molecule has 0 saturated carbocycles. The Kier molecular flexibility index (Phi) is 4.61. The molecule has 4 heteroatoms. The number of benzene rings is 2. The van der Waals surface area contributed by atoms with Crippen molar-refractivity contribution in [1.29, 1.82) is 0 Å². The summed E-state index contributed by atoms with van der Waals surface area (Å²) in [4.78, 5) is 12.8. The van der Waals surface area contributed by atoms with E-state index in [1.165, 1.54) is 17.8 Å². The molecule has 0 bridgehead atoms. The Morgan fingerprint density at radius 3 is 2.74 bits per heavy atom. The number of thioether (sulfide) groups is 1. The minimum Gasteiger partial charge on any atom is -0.293 e. The van der Waals surface area contributed by atoms with Crippen molar-refractivity contribution in [2.45, 2.75) is 11.8 Å². The van der Waals surface area contributed by atoms with Gasteiger partial charge in [0.15, 0.2) is 5.78 Å². The molecule has 2 rings (SSSR count). The molecule has 0 fully saturated rings. The minimum atomic E-state index is -0.477. The van der Waals surface area contributed by atoms with E-state index in [2.05, 4.69) is 0 Å². The number of Topliss-reactive ketones (excluding diaryl/α,β-unsaturated/α-hetero) is 1. The van der Waals surface area contributed by atoms with Crippen molar-refractivity contribution in [3.63, 3.8) is 0 Å². The quantitative estimate of drug-likeness (QED) is 0.597. The van der Waals surface area contributed by atoms with Gasteiger partial charge >= 0.3 is 0 Å². The van der Waals surface area contributed by atoms with Crippen molar-refractivity contribution in [2.75, 3.05) is 5.75 Å². The van der Waals surface area contributed by atoms with Crippen LogP contribution in [0.25, 0.3) is 0 Å². The standard InChI is InChI=1S/C15H12ClFOS/c1-10-6-7-13(17)11(8-10)14(18)9-19-15-5-3-2-4-12(15)16/h2-8H,9H2,1H3. The van der Waals surface area contributed by atoms with Crippen LogP contribution in [0.3, 0.4) is 0 Å². The van der Waals surface area contributed by atoms with Crippen molar-refractivity contribution >= 4 is 29.1 Å². The van der Waals surface area contributed by atoms with E-state index in [0.29, 0.717) is 5.02 Å². The first kappa shape index (κ1) is 14.1. The molecule has 1 nitrogen and oxygen atoms in total. The van der Waals surface area contributed by atoms with E-state index >= 15 is 0 Å². The fourth-order valence-corrected chi connectivity index (χ4v) is 2.76. The van der Waals surface area contributed by atoms with Crippen molar-refractivity contribution in [3.8, 4) is 0 Å². The van der Waals surface area contributed by atoms with Crippen LogP contribution in [0.1, 0.15) is 15.9 Å². The Hall–Kier alpha value is -1.32. The van der Waals surface area contributed by atoms with Crippen LogP contribution < -0.4 is 0 Å². The average molecular weight is 295 g/mol. The number of ketones is 1. The summed E-state index contributed by atoms with van der Waals surface area (Å²) < 4.78 is 13.6. The molecule has 0 radical (unpaired) electrons. The lowest BCUT2D eigenvalue weighted by molar-refractivity contribution is 0.101. The van der Waals surface area contributed by atoms with E-state index in [9.17, 15) is 9.18 Å². The number of carbonyl (C=O) groups is 1. The van der Waals surface area contributed by atoms with Gasteiger partial charge in [-0.05, 0) is 31.2 Å². The maximum atomic E-state index is 13.6. The largest absolute Gasteiger partial charge is 0.293 e. The lowest BCUT2D eigenvalue weighted by Gasteiger charge is -2.05. The third kappa shape index (κ3) is 3.58. The number of aryl methyl sites for hydroxylation is 1. The molecule has 2 aromatic carbocycles. The van der Waals surface area contributed by atoms with Crippen molar-refractivity contribution in [2.24, 2.45) is 0 Å². The molecular formula is C15H12ClFOS. The summed E-state index contributed by atoms with van der Waals surface area (Å²) in [5.74, 6) is -0.536. The number of hydrogen-bond donors (Lipinski definition) is 0. The monoisotopic (exact) mass is 294 g/mol. The Balaban J connectivity index is 2.10. The second kappa shape index (κ2) is 6.22. The van der Waals surface area contributed by atoms with Crippen LogP contribution >= 0.6 is 23.4 Å². The van der Waals surface area contributed by atoms with Gasteiger partial charge in [-0.1, -0.05) is 35.4 Å². The fourth-order valence-electron chi connectivity index (χ4n) is 1.64. The number of hydrogen-bond acceptors (Lipinski definition) is 2. The maximum Gasteiger partial charge on any atom is 0.176 e. The molecule has 98 valence electrons. The molecule has 0 aliphatic carbocycles. The van der Waals surface area contributed by atoms with Crippen LogP contribution in [-0.4, -0.2) is 11.5 Å². The Morgan fingerprint density at radius 2 is 2.00 bits per heavy atom. The normalized spacial score (nSPS) is 10.5. The molecule has 0 spiro atoms. The summed E-state index contributed by atoms with van der Waals surface area (Å²) in [6.45, 7) is 1.83. The summed E-state index contributed by atoms with van der Waals surface area (Å²) in [5.41, 5.74) is 1.01. The molecule has 0 aromatic heterocycles. The summed E-state index contributed by atoms with van der Waals surface area (Å²) in [6, 6.07) is 11.8. The fraction of sp³-hybridized carbons (Fsp3) is 0.133. The first-order valence-electron chi connectivity index (χ1n) is 5.74. The molecule has 0 amide bonds. The van der Waals surface area contributed by atoms with Crippen LogP contribution in [0, 0.1) is 12.7 Å². The summed E-state index contributed by atoms with van der Waals surface area (Å²) in [6.07, 6.45) is 0. The van der Waals surface area contributed by atoms with Gasteiger partial charge in [-0.25, -0.2) is 4.39 Å². The van der Waals surface area contributed by atoms with Gasteiger partial charge in [0.05, 0.1) is 16.3 Å². The molecule has 0 N–H and O–H groups in total. The zero-order valence-electron chi connectivity index (χ0n) is 10.3. The predicted octanol–water partition coefficient (Wildman–Crippen LogP) is 4.76. The smallest absolute Gasteiger partial charge is 0.176 e. The first-order valence-corrected chi connectivity index (χ1v) is 7.11. The molecule has 2 aromatic rings. The van der Waals surface area contributed by atoms with Crippen LogP contribution in [-0.2, 0) is 0 Å². The van der Waals surface area contributed by atoms with Crippen molar-refractivity contribution in [1.82, 2.24) is 0 Å². The second-order valence-corrected chi connectivity index (χ2v) is 5.55. The van der Waals surface area contributed by atoms with Gasteiger partial charge in [-0.3, -0.25) is 4.79 Å². The van der Waals surface area contributed by atoms with Crippen molar-refractivity contribution in [3.05, 3.63) is 64.4 Å². The maximum absolute atomic E-state index is 13.6. The SMILES string of the molecule is Cc1ccc(F)c(C(=O)CSc2ccccc2Cl)c1. The topological polar surface area (TPSA) is 17.1 Å². The molecule has 0 aliphatic rings. The van der Waals surface area contributed by atoms with Gasteiger partial charge in [0, 0.05) is 4.90 Å². The lowest BCUT2D eigenvalue weighted by atomic mass is 10.1. The first-order chi connectivity index (χ1) is 9.08. The highest BCUT2D eigenvalue weighted by Crippen LogP contribution is 2.27. The predicted molar refractivity (Wildman–Crippen MR) is 77.6 cm³/mol. The molecule has 0 heterocycles. The highest BCUT2D eigenvalue weighted by Gasteiger charge is 2.13. The van der Waals surface area contributed by atoms with E-state index in [0.717, 1.165) is 10.5 Å². The average Bonchev–Trinajstić information content (AvgIpc) is 2.40. The zero-order chi connectivity index (χ0) is 13.8. The minimum absolute atomic E-state index is 0.138. The lowest BCUT2D eigenvalue weighted by Crippen LogP contribution is -2.05. The van der Waals surface area contributed by atoms with Crippen LogP contribution in [0.2, 0.25) is 5.02 Å².